The van der Waals surface area contributed by atoms with E-state index in [1.54, 1.807) is 19.1 Å². The monoisotopic (exact) mass is 494 g/mol. The zero-order chi connectivity index (χ0) is 21.4. The molecule has 1 atom stereocenters. The molecule has 0 aliphatic carbocycles. The van der Waals surface area contributed by atoms with Gasteiger partial charge in [-0.05, 0) is 50.2 Å². The molecule has 1 aromatic heterocycles. The fourth-order valence-corrected chi connectivity index (χ4v) is 7.42. The van der Waals surface area contributed by atoms with Crippen LogP contribution in [-0.4, -0.2) is 31.2 Å². The van der Waals surface area contributed by atoms with Gasteiger partial charge in [-0.1, -0.05) is 23.2 Å². The van der Waals surface area contributed by atoms with E-state index < -0.39 is 23.9 Å². The van der Waals surface area contributed by atoms with Crippen LogP contribution in [0.25, 0.3) is 10.2 Å². The summed E-state index contributed by atoms with van der Waals surface area (Å²) in [5.74, 6) is 0. The number of thiazole rings is 1. The van der Waals surface area contributed by atoms with Crippen LogP contribution in [0.2, 0.25) is 10.0 Å². The minimum Gasteiger partial charge on any atom is -0.323 e. The first-order chi connectivity index (χ1) is 13.5. The van der Waals surface area contributed by atoms with Crippen LogP contribution in [0.3, 0.4) is 0 Å². The summed E-state index contributed by atoms with van der Waals surface area (Å²) in [5.41, 5.74) is 0.905. The third-order valence-electron chi connectivity index (χ3n) is 3.83. The quantitative estimate of drug-likeness (QED) is 0.448. The molecule has 1 N–H and O–H groups in total. The van der Waals surface area contributed by atoms with Crippen LogP contribution in [-0.2, 0) is 19.1 Å². The van der Waals surface area contributed by atoms with Crippen molar-refractivity contribution >= 4 is 68.1 Å². The lowest BCUT2D eigenvalue weighted by Crippen LogP contribution is -2.32. The Labute approximate surface area is 182 Å². The number of benzene rings is 2. The molecule has 3 aromatic rings. The summed E-state index contributed by atoms with van der Waals surface area (Å²) in [5, 5.41) is 1.07. The number of aromatic nitrogens is 1. The number of nitrogens with zero attached hydrogens (tertiary/aromatic N) is 2. The largest absolute Gasteiger partial charge is 0.348 e. The van der Waals surface area contributed by atoms with Crippen LogP contribution in [0.15, 0.2) is 41.3 Å². The number of aryl methyl sites for hydroxylation is 1. The van der Waals surface area contributed by atoms with Crippen LogP contribution in [0, 0.1) is 6.92 Å². The van der Waals surface area contributed by atoms with Crippen LogP contribution in [0.1, 0.15) is 11.9 Å². The SMILES string of the molecule is CCOP(=O)(O)CN(c1ccc2nc(C)sc2c1)S(=O)(=O)c1cc(Cl)cc(Cl)c1. The van der Waals surface area contributed by atoms with E-state index in [2.05, 4.69) is 4.98 Å². The van der Waals surface area contributed by atoms with E-state index >= 15 is 0 Å². The minimum atomic E-state index is -4.28. The number of fused-ring (bicyclic) bond motifs is 1. The van der Waals surface area contributed by atoms with E-state index in [0.717, 1.165) is 14.0 Å². The maximum atomic E-state index is 13.4. The maximum Gasteiger partial charge on any atom is 0.348 e. The van der Waals surface area contributed by atoms with Crippen LogP contribution in [0.4, 0.5) is 5.69 Å². The Kier molecular flexibility index (Phi) is 6.60. The number of sulfonamides is 1. The second kappa shape index (κ2) is 8.51. The van der Waals surface area contributed by atoms with Gasteiger partial charge < -0.3 is 9.42 Å². The standard InChI is InChI=1S/C17H17Cl2N2O5PS2/c1-3-26-27(22,23)10-21(14-4-5-16-17(9-14)28-11(2)20-16)29(24,25)15-7-12(18)6-13(19)8-15/h4-9H,3,10H2,1-2H3,(H,22,23). The van der Waals surface area contributed by atoms with Gasteiger partial charge in [0.1, 0.15) is 6.29 Å². The highest BCUT2D eigenvalue weighted by atomic mass is 35.5. The Hall–Kier alpha value is -1.19. The summed E-state index contributed by atoms with van der Waals surface area (Å²) in [6.45, 7) is 3.34. The Morgan fingerprint density at radius 1 is 1.21 bits per heavy atom. The fourth-order valence-electron chi connectivity index (χ4n) is 2.69. The van der Waals surface area contributed by atoms with Gasteiger partial charge in [0.05, 0.1) is 32.4 Å². The molecule has 0 radical (unpaired) electrons. The average molecular weight is 495 g/mol. The first-order valence-electron chi connectivity index (χ1n) is 8.34. The van der Waals surface area contributed by atoms with Crippen molar-refractivity contribution in [2.75, 3.05) is 17.2 Å². The molecule has 0 amide bonds. The van der Waals surface area contributed by atoms with Gasteiger partial charge in [-0.3, -0.25) is 8.87 Å². The highest BCUT2D eigenvalue weighted by Crippen LogP contribution is 2.45. The summed E-state index contributed by atoms with van der Waals surface area (Å²) in [6, 6.07) is 8.65. The molecule has 156 valence electrons. The van der Waals surface area contributed by atoms with E-state index in [1.165, 1.54) is 35.6 Å². The van der Waals surface area contributed by atoms with Gasteiger partial charge in [-0.25, -0.2) is 13.4 Å². The number of hydrogen-bond donors (Lipinski definition) is 1. The molecule has 3 rings (SSSR count). The Bertz CT molecular complexity index is 1200. The molecule has 1 heterocycles. The third kappa shape index (κ3) is 5.11. The van der Waals surface area contributed by atoms with Crippen molar-refractivity contribution in [1.82, 2.24) is 4.98 Å². The number of rotatable bonds is 7. The van der Waals surface area contributed by atoms with Crippen LogP contribution >= 0.6 is 42.1 Å². The molecule has 0 saturated carbocycles. The van der Waals surface area contributed by atoms with Gasteiger partial charge >= 0.3 is 7.60 Å². The van der Waals surface area contributed by atoms with Crippen molar-refractivity contribution in [3.8, 4) is 0 Å². The number of hydrogen-bond acceptors (Lipinski definition) is 6. The lowest BCUT2D eigenvalue weighted by atomic mass is 10.3. The van der Waals surface area contributed by atoms with Crippen molar-refractivity contribution < 1.29 is 22.4 Å². The lowest BCUT2D eigenvalue weighted by Gasteiger charge is -2.26. The zero-order valence-corrected chi connectivity index (χ0v) is 19.4. The molecule has 0 fully saturated rings. The molecule has 0 aliphatic rings. The summed E-state index contributed by atoms with van der Waals surface area (Å²) in [7, 11) is -8.52. The van der Waals surface area contributed by atoms with E-state index in [1.807, 2.05) is 6.92 Å². The Morgan fingerprint density at radius 2 is 1.86 bits per heavy atom. The van der Waals surface area contributed by atoms with Crippen molar-refractivity contribution in [3.63, 3.8) is 0 Å². The fraction of sp³-hybridized carbons (Fsp3) is 0.235. The molecule has 0 saturated heterocycles. The molecule has 7 nitrogen and oxygen atoms in total. The minimum absolute atomic E-state index is 0.0439. The van der Waals surface area contributed by atoms with Crippen LogP contribution < -0.4 is 4.31 Å². The number of anilines is 1. The number of halogens is 2. The summed E-state index contributed by atoms with van der Waals surface area (Å²) in [6.07, 6.45) is -0.767. The van der Waals surface area contributed by atoms with Gasteiger partial charge in [0.15, 0.2) is 0 Å². The predicted octanol–water partition coefficient (Wildman–Crippen LogP) is 5.29. The van der Waals surface area contributed by atoms with Crippen LogP contribution in [0.5, 0.6) is 0 Å². The van der Waals surface area contributed by atoms with Crippen molar-refractivity contribution in [2.45, 2.75) is 18.7 Å². The second-order valence-electron chi connectivity index (χ2n) is 6.04. The molecular weight excluding hydrogens is 478 g/mol. The molecule has 0 spiro atoms. The first-order valence-corrected chi connectivity index (χ1v) is 13.1. The Balaban J connectivity index is 2.16. The molecular formula is C17H17Cl2N2O5PS2. The second-order valence-corrected chi connectivity index (χ2v) is 11.8. The maximum absolute atomic E-state index is 13.4. The van der Waals surface area contributed by atoms with Gasteiger partial charge in [-0.2, -0.15) is 0 Å². The van der Waals surface area contributed by atoms with E-state index in [9.17, 15) is 17.9 Å². The predicted molar refractivity (Wildman–Crippen MR) is 117 cm³/mol. The van der Waals surface area contributed by atoms with Crippen molar-refractivity contribution in [2.24, 2.45) is 0 Å². The van der Waals surface area contributed by atoms with E-state index in [4.69, 9.17) is 27.7 Å². The van der Waals surface area contributed by atoms with E-state index in [0.29, 0.717) is 5.52 Å². The molecule has 12 heteroatoms. The van der Waals surface area contributed by atoms with Crippen molar-refractivity contribution in [1.29, 1.82) is 0 Å². The molecule has 2 aromatic carbocycles. The Morgan fingerprint density at radius 3 is 2.48 bits per heavy atom. The summed E-state index contributed by atoms with van der Waals surface area (Å²) < 4.78 is 45.7. The van der Waals surface area contributed by atoms with Gasteiger partial charge in [0.25, 0.3) is 10.0 Å². The molecule has 0 bridgehead atoms. The molecule has 1 unspecified atom stereocenters. The first kappa shape index (κ1) is 22.5. The van der Waals surface area contributed by atoms with E-state index in [-0.39, 0.29) is 27.2 Å². The summed E-state index contributed by atoms with van der Waals surface area (Å²) in [4.78, 5) is 14.3. The van der Waals surface area contributed by atoms with Crippen molar-refractivity contribution in [3.05, 3.63) is 51.5 Å². The average Bonchev–Trinajstić information content (AvgIpc) is 2.97. The third-order valence-corrected chi connectivity index (χ3v) is 8.44. The lowest BCUT2D eigenvalue weighted by molar-refractivity contribution is 0.274. The molecule has 29 heavy (non-hydrogen) atoms. The highest BCUT2D eigenvalue weighted by Gasteiger charge is 2.33. The van der Waals surface area contributed by atoms with Gasteiger partial charge in [0.2, 0.25) is 0 Å². The highest BCUT2D eigenvalue weighted by molar-refractivity contribution is 7.93. The van der Waals surface area contributed by atoms with Gasteiger partial charge in [-0.15, -0.1) is 11.3 Å². The summed E-state index contributed by atoms with van der Waals surface area (Å²) >= 11 is 13.3. The topological polar surface area (TPSA) is 96.8 Å². The normalized spacial score (nSPS) is 14.1. The smallest absolute Gasteiger partial charge is 0.323 e. The van der Waals surface area contributed by atoms with Gasteiger partial charge in [0, 0.05) is 10.0 Å². The zero-order valence-electron chi connectivity index (χ0n) is 15.4. The molecule has 0 aliphatic heterocycles.